The molecule has 0 radical (unpaired) electrons. The smallest absolute Gasteiger partial charge is 0.378 e. The van der Waals surface area contributed by atoms with E-state index >= 15 is 0 Å². The summed E-state index contributed by atoms with van der Waals surface area (Å²) in [5.41, 5.74) is 0.369. The normalized spacial score (nSPS) is 11.4. The van der Waals surface area contributed by atoms with E-state index in [1.165, 1.54) is 12.4 Å². The van der Waals surface area contributed by atoms with Crippen molar-refractivity contribution < 1.29 is 13.2 Å². The zero-order valence-electron chi connectivity index (χ0n) is 9.58. The third kappa shape index (κ3) is 3.66. The minimum Gasteiger partial charge on any atom is -0.378 e. The van der Waals surface area contributed by atoms with Crippen molar-refractivity contribution in [2.24, 2.45) is 0 Å². The summed E-state index contributed by atoms with van der Waals surface area (Å²) in [6.07, 6.45) is -1.39. The number of rotatable bonds is 3. The van der Waals surface area contributed by atoms with Gasteiger partial charge in [-0.25, -0.2) is 9.97 Å². The Kier molecular flexibility index (Phi) is 4.04. The molecule has 1 heterocycles. The molecule has 19 heavy (non-hydrogen) atoms. The number of hydrogen-bond acceptors (Lipinski definition) is 3. The second-order valence-electron chi connectivity index (χ2n) is 3.75. The molecule has 0 saturated carbocycles. The van der Waals surface area contributed by atoms with Crippen molar-refractivity contribution >= 4 is 21.6 Å². The van der Waals surface area contributed by atoms with Crippen LogP contribution in [0.25, 0.3) is 0 Å². The Labute approximate surface area is 116 Å². The van der Waals surface area contributed by atoms with Crippen LogP contribution in [0, 0.1) is 0 Å². The van der Waals surface area contributed by atoms with Gasteiger partial charge in [0.1, 0.15) is 6.33 Å². The number of aromatic nitrogens is 2. The molecule has 7 heteroatoms. The standard InChI is InChI=1S/C12H9BrF3N3/c13-10-2-1-8(12(14,15)16)5-11(10)18-6-9-3-4-17-7-19-9/h1-5,7,18H,6H2. The molecule has 0 atom stereocenters. The average molecular weight is 332 g/mol. The van der Waals surface area contributed by atoms with E-state index in [0.717, 1.165) is 12.1 Å². The fourth-order valence-corrected chi connectivity index (χ4v) is 1.83. The summed E-state index contributed by atoms with van der Waals surface area (Å²) in [7, 11) is 0. The SMILES string of the molecule is FC(F)(F)c1ccc(Br)c(NCc2ccncn2)c1. The molecule has 100 valence electrons. The van der Waals surface area contributed by atoms with Gasteiger partial charge in [0.15, 0.2) is 0 Å². The summed E-state index contributed by atoms with van der Waals surface area (Å²) >= 11 is 3.21. The first-order valence-electron chi connectivity index (χ1n) is 5.32. The number of nitrogens with one attached hydrogen (secondary N) is 1. The summed E-state index contributed by atoms with van der Waals surface area (Å²) in [5, 5.41) is 2.90. The molecule has 0 spiro atoms. The van der Waals surface area contributed by atoms with E-state index in [1.54, 1.807) is 12.3 Å². The lowest BCUT2D eigenvalue weighted by Gasteiger charge is -2.12. The number of benzene rings is 1. The summed E-state index contributed by atoms with van der Waals surface area (Å²) < 4.78 is 38.4. The van der Waals surface area contributed by atoms with E-state index in [0.29, 0.717) is 22.4 Å². The highest BCUT2D eigenvalue weighted by Crippen LogP contribution is 2.34. The van der Waals surface area contributed by atoms with Crippen molar-refractivity contribution in [3.63, 3.8) is 0 Å². The van der Waals surface area contributed by atoms with Crippen LogP contribution < -0.4 is 5.32 Å². The zero-order valence-corrected chi connectivity index (χ0v) is 11.2. The van der Waals surface area contributed by atoms with E-state index in [9.17, 15) is 13.2 Å². The molecular weight excluding hydrogens is 323 g/mol. The number of alkyl halides is 3. The average Bonchev–Trinajstić information content (AvgIpc) is 2.37. The lowest BCUT2D eigenvalue weighted by Crippen LogP contribution is -2.07. The van der Waals surface area contributed by atoms with E-state index in [1.807, 2.05) is 0 Å². The summed E-state index contributed by atoms with van der Waals surface area (Å²) in [5.74, 6) is 0. The van der Waals surface area contributed by atoms with Crippen LogP contribution in [-0.2, 0) is 12.7 Å². The Morgan fingerprint density at radius 1 is 1.21 bits per heavy atom. The van der Waals surface area contributed by atoms with Gasteiger partial charge in [-0.15, -0.1) is 0 Å². The van der Waals surface area contributed by atoms with Crippen LogP contribution in [-0.4, -0.2) is 9.97 Å². The highest BCUT2D eigenvalue weighted by atomic mass is 79.9. The quantitative estimate of drug-likeness (QED) is 0.927. The molecular formula is C12H9BrF3N3. The summed E-state index contributed by atoms with van der Waals surface area (Å²) in [4.78, 5) is 7.75. The molecule has 0 fully saturated rings. The van der Waals surface area contributed by atoms with Gasteiger partial charge in [-0.2, -0.15) is 13.2 Å². The van der Waals surface area contributed by atoms with Crippen molar-refractivity contribution in [1.29, 1.82) is 0 Å². The second kappa shape index (κ2) is 5.56. The van der Waals surface area contributed by atoms with Crippen LogP contribution in [0.15, 0.2) is 41.3 Å². The summed E-state index contributed by atoms with van der Waals surface area (Å²) in [6.45, 7) is 0.322. The number of hydrogen-bond donors (Lipinski definition) is 1. The maximum atomic E-state index is 12.6. The Morgan fingerprint density at radius 3 is 2.63 bits per heavy atom. The number of halogens is 4. The molecule has 2 rings (SSSR count). The monoisotopic (exact) mass is 331 g/mol. The lowest BCUT2D eigenvalue weighted by atomic mass is 10.2. The highest BCUT2D eigenvalue weighted by Gasteiger charge is 2.30. The number of anilines is 1. The molecule has 2 aromatic rings. The van der Waals surface area contributed by atoms with Crippen molar-refractivity contribution in [3.8, 4) is 0 Å². The first kappa shape index (κ1) is 13.8. The fraction of sp³-hybridized carbons (Fsp3) is 0.167. The summed E-state index contributed by atoms with van der Waals surface area (Å²) in [6, 6.07) is 5.14. The van der Waals surface area contributed by atoms with Gasteiger partial charge in [0.05, 0.1) is 17.8 Å². The minimum absolute atomic E-state index is 0.322. The van der Waals surface area contributed by atoms with Gasteiger partial charge in [-0.05, 0) is 40.2 Å². The van der Waals surface area contributed by atoms with E-state index in [4.69, 9.17) is 0 Å². The molecule has 0 aliphatic carbocycles. The second-order valence-corrected chi connectivity index (χ2v) is 4.60. The Hall–Kier alpha value is -1.63. The van der Waals surface area contributed by atoms with Gasteiger partial charge in [-0.1, -0.05) is 0 Å². The molecule has 0 aliphatic rings. The Bertz CT molecular complexity index is 558. The third-order valence-corrected chi connectivity index (χ3v) is 3.09. The first-order valence-corrected chi connectivity index (χ1v) is 6.11. The van der Waals surface area contributed by atoms with Gasteiger partial charge < -0.3 is 5.32 Å². The lowest BCUT2D eigenvalue weighted by molar-refractivity contribution is -0.137. The van der Waals surface area contributed by atoms with Gasteiger partial charge in [-0.3, -0.25) is 0 Å². The molecule has 3 nitrogen and oxygen atoms in total. The van der Waals surface area contributed by atoms with Crippen LogP contribution in [0.2, 0.25) is 0 Å². The minimum atomic E-state index is -4.36. The van der Waals surface area contributed by atoms with Crippen LogP contribution in [0.4, 0.5) is 18.9 Å². The highest BCUT2D eigenvalue weighted by molar-refractivity contribution is 9.10. The first-order chi connectivity index (χ1) is 8.97. The van der Waals surface area contributed by atoms with E-state index in [-0.39, 0.29) is 0 Å². The maximum Gasteiger partial charge on any atom is 0.416 e. The third-order valence-electron chi connectivity index (χ3n) is 2.40. The predicted molar refractivity (Wildman–Crippen MR) is 68.5 cm³/mol. The van der Waals surface area contributed by atoms with Gasteiger partial charge >= 0.3 is 6.18 Å². The maximum absolute atomic E-state index is 12.6. The van der Waals surface area contributed by atoms with Crippen LogP contribution in [0.5, 0.6) is 0 Å². The topological polar surface area (TPSA) is 37.8 Å². The van der Waals surface area contributed by atoms with Gasteiger partial charge in [0.2, 0.25) is 0 Å². The largest absolute Gasteiger partial charge is 0.416 e. The number of nitrogens with zero attached hydrogens (tertiary/aromatic N) is 2. The molecule has 0 saturated heterocycles. The van der Waals surface area contributed by atoms with Crippen LogP contribution in [0.1, 0.15) is 11.3 Å². The van der Waals surface area contributed by atoms with E-state index in [2.05, 4.69) is 31.2 Å². The van der Waals surface area contributed by atoms with E-state index < -0.39 is 11.7 Å². The fourth-order valence-electron chi connectivity index (χ4n) is 1.45. The van der Waals surface area contributed by atoms with Crippen molar-refractivity contribution in [3.05, 3.63) is 52.5 Å². The molecule has 0 aliphatic heterocycles. The zero-order chi connectivity index (χ0) is 13.9. The van der Waals surface area contributed by atoms with Crippen molar-refractivity contribution in [2.45, 2.75) is 12.7 Å². The van der Waals surface area contributed by atoms with Gasteiger partial charge in [0, 0.05) is 16.4 Å². The molecule has 0 amide bonds. The Morgan fingerprint density at radius 2 is 2.00 bits per heavy atom. The van der Waals surface area contributed by atoms with Crippen molar-refractivity contribution in [1.82, 2.24) is 9.97 Å². The predicted octanol–water partition coefficient (Wildman–Crippen LogP) is 3.87. The van der Waals surface area contributed by atoms with Crippen LogP contribution in [0.3, 0.4) is 0 Å². The molecule has 0 unspecified atom stereocenters. The van der Waals surface area contributed by atoms with Crippen LogP contribution >= 0.6 is 15.9 Å². The molecule has 1 aromatic heterocycles. The van der Waals surface area contributed by atoms with Gasteiger partial charge in [0.25, 0.3) is 0 Å². The van der Waals surface area contributed by atoms with Crippen molar-refractivity contribution in [2.75, 3.05) is 5.32 Å². The molecule has 0 bridgehead atoms. The molecule has 1 aromatic carbocycles. The Balaban J connectivity index is 2.16. The molecule has 1 N–H and O–H groups in total.